The number of ether oxygens (including phenoxy) is 2. The number of nitrogens with one attached hydrogen (secondary N) is 1. The maximum atomic E-state index is 12.7. The zero-order chi connectivity index (χ0) is 19.8. The molecule has 2 aliphatic rings. The minimum absolute atomic E-state index is 0.0501. The molecule has 6 nitrogen and oxygen atoms in total. The number of Topliss-reactive ketones (excluding diaryl/α,β-unsaturated/α-hetero) is 1. The molecule has 1 fully saturated rings. The van der Waals surface area contributed by atoms with Crippen LogP contribution in [0.1, 0.15) is 16.8 Å². The number of aromatic nitrogens is 1. The van der Waals surface area contributed by atoms with E-state index in [0.29, 0.717) is 17.1 Å². The lowest BCUT2D eigenvalue weighted by Crippen LogP contribution is -2.31. The number of nitrogens with zero attached hydrogens (tertiary/aromatic N) is 1. The van der Waals surface area contributed by atoms with Gasteiger partial charge in [-0.05, 0) is 24.6 Å². The van der Waals surface area contributed by atoms with Gasteiger partial charge >= 0.3 is 0 Å². The van der Waals surface area contributed by atoms with Crippen molar-refractivity contribution >= 4 is 40.6 Å². The third-order valence-corrected chi connectivity index (χ3v) is 5.50. The van der Waals surface area contributed by atoms with E-state index in [9.17, 15) is 9.59 Å². The summed E-state index contributed by atoms with van der Waals surface area (Å²) in [4.78, 5) is 28.9. The summed E-state index contributed by atoms with van der Waals surface area (Å²) in [5, 5.41) is 3.13. The Kier molecular flexibility index (Phi) is 5.00. The highest BCUT2D eigenvalue weighted by molar-refractivity contribution is 6.39. The molecule has 1 saturated carbocycles. The summed E-state index contributed by atoms with van der Waals surface area (Å²) in [6.07, 6.45) is 6.92. The number of methoxy groups -OCH3 is 1. The first kappa shape index (κ1) is 18.8. The van der Waals surface area contributed by atoms with Gasteiger partial charge in [-0.1, -0.05) is 35.4 Å². The maximum absolute atomic E-state index is 12.7. The van der Waals surface area contributed by atoms with Crippen molar-refractivity contribution in [1.82, 2.24) is 4.98 Å². The zero-order valence-corrected chi connectivity index (χ0v) is 16.3. The molecule has 2 aliphatic carbocycles. The van der Waals surface area contributed by atoms with Crippen LogP contribution in [0.3, 0.4) is 0 Å². The van der Waals surface area contributed by atoms with Gasteiger partial charge in [-0.15, -0.1) is 0 Å². The molecule has 8 heteroatoms. The number of halogens is 2. The predicted molar refractivity (Wildman–Crippen MR) is 105 cm³/mol. The second-order valence-corrected chi connectivity index (χ2v) is 7.44. The number of hydrogen-bond acceptors (Lipinski definition) is 5. The Morgan fingerprint density at radius 2 is 1.93 bits per heavy atom. The van der Waals surface area contributed by atoms with Crippen molar-refractivity contribution < 1.29 is 19.1 Å². The lowest BCUT2D eigenvalue weighted by atomic mass is 10.0. The monoisotopic (exact) mass is 418 g/mol. The Balaban J connectivity index is 1.59. The molecule has 1 heterocycles. The summed E-state index contributed by atoms with van der Waals surface area (Å²) in [5.41, 5.74) is 0.584. The number of ketones is 1. The van der Waals surface area contributed by atoms with E-state index in [0.717, 1.165) is 6.42 Å². The molecule has 3 atom stereocenters. The molecule has 144 valence electrons. The van der Waals surface area contributed by atoms with Crippen molar-refractivity contribution in [2.45, 2.75) is 12.5 Å². The van der Waals surface area contributed by atoms with Gasteiger partial charge in [0.1, 0.15) is 0 Å². The molecule has 28 heavy (non-hydrogen) atoms. The normalized spacial score (nSPS) is 22.4. The molecule has 2 bridgehead atoms. The van der Waals surface area contributed by atoms with E-state index >= 15 is 0 Å². The van der Waals surface area contributed by atoms with Crippen LogP contribution in [0, 0.1) is 11.8 Å². The number of carbonyl (C=O) groups is 2. The Morgan fingerprint density at radius 1 is 1.18 bits per heavy atom. The van der Waals surface area contributed by atoms with Crippen LogP contribution in [-0.4, -0.2) is 29.9 Å². The number of benzene rings is 1. The first-order valence-electron chi connectivity index (χ1n) is 8.65. The summed E-state index contributed by atoms with van der Waals surface area (Å²) in [6.45, 7) is 0. The van der Waals surface area contributed by atoms with Gasteiger partial charge in [0.15, 0.2) is 23.4 Å². The van der Waals surface area contributed by atoms with E-state index in [-0.39, 0.29) is 33.4 Å². The van der Waals surface area contributed by atoms with Gasteiger partial charge in [-0.25, -0.2) is 0 Å². The van der Waals surface area contributed by atoms with Gasteiger partial charge < -0.3 is 14.8 Å². The fraction of sp³-hybridized carbons (Fsp3) is 0.250. The van der Waals surface area contributed by atoms with Crippen molar-refractivity contribution in [3.63, 3.8) is 0 Å². The van der Waals surface area contributed by atoms with Crippen LogP contribution in [-0.2, 0) is 4.79 Å². The molecule has 0 saturated heterocycles. The van der Waals surface area contributed by atoms with E-state index in [4.69, 9.17) is 32.7 Å². The summed E-state index contributed by atoms with van der Waals surface area (Å²) < 4.78 is 11.3. The molecule has 1 aromatic heterocycles. The van der Waals surface area contributed by atoms with E-state index in [1.807, 2.05) is 12.2 Å². The highest BCUT2D eigenvalue weighted by Gasteiger charge is 2.45. The Labute approximate surface area is 171 Å². The molecule has 1 aromatic carbocycles. The number of allylic oxidation sites excluding steroid dienone is 1. The molecule has 0 radical (unpaired) electrons. The molecule has 1 amide bonds. The SMILES string of the molecule is COc1ccc(C(=O)Nc2c(Cl)cncc2Cl)cc1OC1C(=O)C2C=CC1C2. The summed E-state index contributed by atoms with van der Waals surface area (Å²) in [7, 11) is 1.50. The lowest BCUT2D eigenvalue weighted by Gasteiger charge is -2.21. The van der Waals surface area contributed by atoms with Crippen molar-refractivity contribution in [2.75, 3.05) is 12.4 Å². The van der Waals surface area contributed by atoms with Crippen LogP contribution in [0.5, 0.6) is 11.5 Å². The first-order valence-corrected chi connectivity index (χ1v) is 9.40. The van der Waals surface area contributed by atoms with Crippen LogP contribution in [0.25, 0.3) is 0 Å². The largest absolute Gasteiger partial charge is 0.493 e. The van der Waals surface area contributed by atoms with Crippen molar-refractivity contribution in [2.24, 2.45) is 11.8 Å². The topological polar surface area (TPSA) is 77.5 Å². The molecule has 2 aromatic rings. The number of anilines is 1. The minimum atomic E-state index is -0.564. The van der Waals surface area contributed by atoms with Crippen LogP contribution in [0.2, 0.25) is 10.0 Å². The molecule has 1 N–H and O–H groups in total. The summed E-state index contributed by atoms with van der Waals surface area (Å²) >= 11 is 12.1. The van der Waals surface area contributed by atoms with Crippen molar-refractivity contribution in [3.8, 4) is 11.5 Å². The van der Waals surface area contributed by atoms with E-state index in [2.05, 4.69) is 10.3 Å². The lowest BCUT2D eigenvalue weighted by molar-refractivity contribution is -0.126. The fourth-order valence-corrected chi connectivity index (χ4v) is 3.95. The summed E-state index contributed by atoms with van der Waals surface area (Å²) in [5.74, 6) is 0.372. The van der Waals surface area contributed by atoms with Gasteiger partial charge in [0.05, 0.1) is 22.8 Å². The van der Waals surface area contributed by atoms with Gasteiger partial charge in [0, 0.05) is 29.8 Å². The van der Waals surface area contributed by atoms with Crippen LogP contribution in [0.4, 0.5) is 5.69 Å². The smallest absolute Gasteiger partial charge is 0.255 e. The molecule has 0 aliphatic heterocycles. The van der Waals surface area contributed by atoms with E-state index in [1.165, 1.54) is 19.5 Å². The van der Waals surface area contributed by atoms with Gasteiger partial charge in [0.25, 0.3) is 5.91 Å². The Hall–Kier alpha value is -2.57. The summed E-state index contributed by atoms with van der Waals surface area (Å²) in [6, 6.07) is 4.75. The van der Waals surface area contributed by atoms with Gasteiger partial charge in [-0.3, -0.25) is 14.6 Å². The van der Waals surface area contributed by atoms with E-state index < -0.39 is 12.0 Å². The van der Waals surface area contributed by atoms with Crippen LogP contribution >= 0.6 is 23.2 Å². The number of hydrogen-bond donors (Lipinski definition) is 1. The average Bonchev–Trinajstić information content (AvgIpc) is 3.27. The molecule has 0 spiro atoms. The van der Waals surface area contributed by atoms with Crippen molar-refractivity contribution in [3.05, 3.63) is 58.4 Å². The Morgan fingerprint density at radius 3 is 2.57 bits per heavy atom. The number of carbonyl (C=O) groups excluding carboxylic acids is 2. The van der Waals surface area contributed by atoms with Crippen molar-refractivity contribution in [1.29, 1.82) is 0 Å². The number of amides is 1. The van der Waals surface area contributed by atoms with E-state index in [1.54, 1.807) is 18.2 Å². The molecular weight excluding hydrogens is 403 g/mol. The standard InChI is InChI=1S/C20H16Cl2N2O4/c1-27-15-5-4-12(20(26)24-17-13(21)8-23-9-14(17)22)7-16(15)28-19-11-3-2-10(6-11)18(19)25/h2-5,7-11,19H,6H2,1H3,(H,23,24,26). The first-order chi connectivity index (χ1) is 13.5. The third kappa shape index (κ3) is 3.34. The Bertz CT molecular complexity index is 972. The highest BCUT2D eigenvalue weighted by Crippen LogP contribution is 2.40. The number of pyridine rings is 1. The zero-order valence-electron chi connectivity index (χ0n) is 14.8. The molecule has 3 unspecified atom stereocenters. The third-order valence-electron chi connectivity index (χ3n) is 4.92. The quantitative estimate of drug-likeness (QED) is 0.737. The second kappa shape index (κ2) is 7.45. The number of rotatable bonds is 5. The van der Waals surface area contributed by atoms with Gasteiger partial charge in [0.2, 0.25) is 0 Å². The fourth-order valence-electron chi connectivity index (χ4n) is 3.49. The van der Waals surface area contributed by atoms with Gasteiger partial charge in [-0.2, -0.15) is 0 Å². The maximum Gasteiger partial charge on any atom is 0.255 e. The number of fused-ring (bicyclic) bond motifs is 2. The average molecular weight is 419 g/mol. The van der Waals surface area contributed by atoms with Crippen LogP contribution < -0.4 is 14.8 Å². The highest BCUT2D eigenvalue weighted by atomic mass is 35.5. The molecule has 4 rings (SSSR count). The second-order valence-electron chi connectivity index (χ2n) is 6.63. The minimum Gasteiger partial charge on any atom is -0.493 e. The molecular formula is C20H16Cl2N2O4. The van der Waals surface area contributed by atoms with Crippen LogP contribution in [0.15, 0.2) is 42.7 Å². The predicted octanol–water partition coefficient (Wildman–Crippen LogP) is 4.17.